The molecule has 1 heterocycles. The summed E-state index contributed by atoms with van der Waals surface area (Å²) in [6.45, 7) is 4.14. The monoisotopic (exact) mass is 230 g/mol. The molecule has 1 rings (SSSR count). The van der Waals surface area contributed by atoms with Crippen LogP contribution in [-0.4, -0.2) is 11.2 Å². The Morgan fingerprint density at radius 1 is 1.71 bits per heavy atom. The summed E-state index contributed by atoms with van der Waals surface area (Å²) in [4.78, 5) is 9.09. The zero-order valence-corrected chi connectivity index (χ0v) is 9.36. The molecule has 0 aliphatic rings. The van der Waals surface area contributed by atoms with E-state index < -0.39 is 0 Å². The fraction of sp³-hybridized carbons (Fsp3) is 0.222. The Bertz CT molecular complexity index is 302. The lowest BCUT2D eigenvalue weighted by Gasteiger charge is -2.06. The number of pyridine rings is 1. The highest BCUT2D eigenvalue weighted by molar-refractivity contribution is 8.02. The second-order valence-electron chi connectivity index (χ2n) is 2.51. The SMILES string of the molecule is C=C(NOCc1ccc(Cl)nc1)SC. The first-order valence-electron chi connectivity index (χ1n) is 3.93. The standard InChI is InChI=1S/C9H11ClN2OS/c1-7(14-2)12-13-6-8-3-4-9(10)11-5-8/h3-5,12H,1,6H2,2H3. The van der Waals surface area contributed by atoms with E-state index in [1.54, 1.807) is 12.3 Å². The van der Waals surface area contributed by atoms with Crippen LogP contribution in [0.1, 0.15) is 5.56 Å². The summed E-state index contributed by atoms with van der Waals surface area (Å²) in [5.41, 5.74) is 3.66. The third-order valence-electron chi connectivity index (χ3n) is 1.46. The fourth-order valence-electron chi connectivity index (χ4n) is 0.733. The van der Waals surface area contributed by atoms with Gasteiger partial charge in [0.1, 0.15) is 11.8 Å². The lowest BCUT2D eigenvalue weighted by molar-refractivity contribution is 0.0551. The van der Waals surface area contributed by atoms with Crippen molar-refractivity contribution in [1.82, 2.24) is 10.5 Å². The van der Waals surface area contributed by atoms with Crippen LogP contribution in [0.2, 0.25) is 5.15 Å². The highest BCUT2D eigenvalue weighted by atomic mass is 35.5. The Morgan fingerprint density at radius 3 is 3.07 bits per heavy atom. The van der Waals surface area contributed by atoms with Crippen molar-refractivity contribution in [2.75, 3.05) is 6.26 Å². The summed E-state index contributed by atoms with van der Waals surface area (Å²) in [7, 11) is 0. The van der Waals surface area contributed by atoms with Crippen LogP contribution >= 0.6 is 23.4 Å². The number of aromatic nitrogens is 1. The van der Waals surface area contributed by atoms with Gasteiger partial charge in [0.05, 0.1) is 5.03 Å². The topological polar surface area (TPSA) is 34.1 Å². The molecule has 5 heteroatoms. The molecule has 1 N–H and O–H groups in total. The van der Waals surface area contributed by atoms with Crippen LogP contribution in [0.3, 0.4) is 0 Å². The number of thioether (sulfide) groups is 1. The largest absolute Gasteiger partial charge is 0.271 e. The minimum atomic E-state index is 0.434. The van der Waals surface area contributed by atoms with Crippen molar-refractivity contribution in [1.29, 1.82) is 0 Å². The molecular formula is C9H11ClN2OS. The zero-order chi connectivity index (χ0) is 10.4. The maximum Gasteiger partial charge on any atom is 0.129 e. The summed E-state index contributed by atoms with van der Waals surface area (Å²) in [5.74, 6) is 0. The minimum absolute atomic E-state index is 0.434. The Morgan fingerprint density at radius 2 is 2.50 bits per heavy atom. The predicted molar refractivity (Wildman–Crippen MR) is 59.8 cm³/mol. The Hall–Kier alpha value is -0.710. The van der Waals surface area contributed by atoms with Gasteiger partial charge in [-0.15, -0.1) is 11.8 Å². The molecule has 0 atom stereocenters. The molecular weight excluding hydrogens is 220 g/mol. The van der Waals surface area contributed by atoms with E-state index in [2.05, 4.69) is 17.0 Å². The Labute approximate surface area is 92.5 Å². The van der Waals surface area contributed by atoms with Crippen molar-refractivity contribution < 1.29 is 4.84 Å². The van der Waals surface area contributed by atoms with Gasteiger partial charge in [0.25, 0.3) is 0 Å². The zero-order valence-electron chi connectivity index (χ0n) is 7.79. The van der Waals surface area contributed by atoms with E-state index in [4.69, 9.17) is 16.4 Å². The molecule has 0 unspecified atom stereocenters. The summed E-state index contributed by atoms with van der Waals surface area (Å²) < 4.78 is 0. The van der Waals surface area contributed by atoms with Gasteiger partial charge in [-0.05, 0) is 17.9 Å². The van der Waals surface area contributed by atoms with Crippen LogP contribution < -0.4 is 5.48 Å². The molecule has 3 nitrogen and oxygen atoms in total. The number of rotatable bonds is 5. The van der Waals surface area contributed by atoms with Gasteiger partial charge < -0.3 is 0 Å². The van der Waals surface area contributed by atoms with Crippen LogP contribution in [0.5, 0.6) is 0 Å². The second-order valence-corrected chi connectivity index (χ2v) is 3.80. The van der Waals surface area contributed by atoms with Gasteiger partial charge in [0, 0.05) is 6.20 Å². The van der Waals surface area contributed by atoms with Gasteiger partial charge in [0.2, 0.25) is 0 Å². The van der Waals surface area contributed by atoms with E-state index >= 15 is 0 Å². The maximum absolute atomic E-state index is 5.63. The molecule has 0 spiro atoms. The summed E-state index contributed by atoms with van der Waals surface area (Å²) in [5, 5.41) is 1.25. The van der Waals surface area contributed by atoms with Gasteiger partial charge in [-0.1, -0.05) is 24.2 Å². The quantitative estimate of drug-likeness (QED) is 0.623. The summed E-state index contributed by atoms with van der Waals surface area (Å²) in [6.07, 6.45) is 3.59. The minimum Gasteiger partial charge on any atom is -0.271 e. The normalized spacial score (nSPS) is 9.86. The van der Waals surface area contributed by atoms with Crippen LogP contribution in [0.15, 0.2) is 29.9 Å². The smallest absolute Gasteiger partial charge is 0.129 e. The lowest BCUT2D eigenvalue weighted by Crippen LogP contribution is -2.10. The van der Waals surface area contributed by atoms with Crippen LogP contribution in [0.25, 0.3) is 0 Å². The lowest BCUT2D eigenvalue weighted by atomic mass is 10.3. The summed E-state index contributed by atoms with van der Waals surface area (Å²) >= 11 is 7.13. The van der Waals surface area contributed by atoms with Crippen molar-refractivity contribution in [2.45, 2.75) is 6.61 Å². The number of hydroxylamine groups is 1. The van der Waals surface area contributed by atoms with Crippen LogP contribution in [-0.2, 0) is 11.4 Å². The van der Waals surface area contributed by atoms with E-state index in [1.807, 2.05) is 12.3 Å². The van der Waals surface area contributed by atoms with E-state index in [9.17, 15) is 0 Å². The highest BCUT2D eigenvalue weighted by Crippen LogP contribution is 2.07. The number of hydrogen-bond donors (Lipinski definition) is 1. The molecule has 0 amide bonds. The molecule has 1 aromatic rings. The van der Waals surface area contributed by atoms with Crippen molar-refractivity contribution >= 4 is 23.4 Å². The number of nitrogens with one attached hydrogen (secondary N) is 1. The molecule has 0 bridgehead atoms. The molecule has 0 saturated heterocycles. The maximum atomic E-state index is 5.63. The molecule has 0 fully saturated rings. The molecule has 14 heavy (non-hydrogen) atoms. The summed E-state index contributed by atoms with van der Waals surface area (Å²) in [6, 6.07) is 3.59. The van der Waals surface area contributed by atoms with Gasteiger partial charge >= 0.3 is 0 Å². The van der Waals surface area contributed by atoms with Crippen molar-refractivity contribution in [2.24, 2.45) is 0 Å². The van der Waals surface area contributed by atoms with Gasteiger partial charge in [-0.25, -0.2) is 4.98 Å². The van der Waals surface area contributed by atoms with E-state index in [0.717, 1.165) is 10.6 Å². The molecule has 0 aromatic carbocycles. The van der Waals surface area contributed by atoms with E-state index in [1.165, 1.54) is 11.8 Å². The Balaban J connectivity index is 2.31. The molecule has 0 aliphatic heterocycles. The first-order chi connectivity index (χ1) is 6.72. The average Bonchev–Trinajstić information content (AvgIpc) is 2.21. The number of hydrogen-bond acceptors (Lipinski definition) is 4. The highest BCUT2D eigenvalue weighted by Gasteiger charge is 1.95. The van der Waals surface area contributed by atoms with Gasteiger partial charge in [-0.3, -0.25) is 10.3 Å². The van der Waals surface area contributed by atoms with Gasteiger partial charge in [-0.2, -0.15) is 0 Å². The van der Waals surface area contributed by atoms with Gasteiger partial charge in [0.15, 0.2) is 0 Å². The fourth-order valence-corrected chi connectivity index (χ4v) is 0.987. The van der Waals surface area contributed by atoms with E-state index in [0.29, 0.717) is 11.8 Å². The number of halogens is 1. The second kappa shape index (κ2) is 5.90. The van der Waals surface area contributed by atoms with Crippen LogP contribution in [0.4, 0.5) is 0 Å². The molecule has 0 radical (unpaired) electrons. The van der Waals surface area contributed by atoms with Crippen LogP contribution in [0, 0.1) is 0 Å². The average molecular weight is 231 g/mol. The molecule has 0 saturated carbocycles. The number of nitrogens with zero attached hydrogens (tertiary/aromatic N) is 1. The Kier molecular flexibility index (Phi) is 4.79. The predicted octanol–water partition coefficient (Wildman–Crippen LogP) is 2.59. The third-order valence-corrected chi connectivity index (χ3v) is 2.26. The molecule has 76 valence electrons. The van der Waals surface area contributed by atoms with E-state index in [-0.39, 0.29) is 0 Å². The molecule has 0 aliphatic carbocycles. The first kappa shape index (κ1) is 11.4. The van der Waals surface area contributed by atoms with Crippen molar-refractivity contribution in [3.63, 3.8) is 0 Å². The van der Waals surface area contributed by atoms with Crippen molar-refractivity contribution in [3.8, 4) is 0 Å². The van der Waals surface area contributed by atoms with Crippen molar-refractivity contribution in [3.05, 3.63) is 40.7 Å². The third kappa shape index (κ3) is 4.00. The molecule has 1 aromatic heterocycles. The first-order valence-corrected chi connectivity index (χ1v) is 5.54.